The van der Waals surface area contributed by atoms with Crippen LogP contribution < -0.4 is 10.1 Å². The number of benzene rings is 1. The van der Waals surface area contributed by atoms with Gasteiger partial charge in [0.1, 0.15) is 5.60 Å². The highest BCUT2D eigenvalue weighted by atomic mass is 16.5. The molecule has 1 fully saturated rings. The minimum absolute atomic E-state index is 0.161. The van der Waals surface area contributed by atoms with E-state index in [0.717, 1.165) is 18.7 Å². The van der Waals surface area contributed by atoms with Gasteiger partial charge >= 0.3 is 0 Å². The van der Waals surface area contributed by atoms with Gasteiger partial charge in [-0.15, -0.1) is 0 Å². The zero-order valence-electron chi connectivity index (χ0n) is 8.50. The van der Waals surface area contributed by atoms with Crippen LogP contribution in [0.5, 0.6) is 11.5 Å². The van der Waals surface area contributed by atoms with Crippen molar-refractivity contribution in [1.82, 2.24) is 5.32 Å². The number of phenolic OH excluding ortho intramolecular Hbond substituents is 1. The Morgan fingerprint density at radius 2 is 2.14 bits per heavy atom. The summed E-state index contributed by atoms with van der Waals surface area (Å²) in [5, 5.41) is 12.7. The third-order valence-electron chi connectivity index (χ3n) is 2.47. The van der Waals surface area contributed by atoms with Crippen molar-refractivity contribution in [3.63, 3.8) is 0 Å². The van der Waals surface area contributed by atoms with E-state index in [-0.39, 0.29) is 11.4 Å². The highest BCUT2D eigenvalue weighted by molar-refractivity contribution is 5.42. The minimum atomic E-state index is -0.161. The van der Waals surface area contributed by atoms with Crippen LogP contribution in [0.3, 0.4) is 0 Å². The molecule has 1 aromatic rings. The van der Waals surface area contributed by atoms with Crippen LogP contribution in [-0.4, -0.2) is 23.8 Å². The van der Waals surface area contributed by atoms with Crippen LogP contribution in [0.25, 0.3) is 0 Å². The summed E-state index contributed by atoms with van der Waals surface area (Å²) in [5.74, 6) is 0.790. The van der Waals surface area contributed by atoms with Crippen LogP contribution in [0.1, 0.15) is 12.5 Å². The lowest BCUT2D eigenvalue weighted by molar-refractivity contribution is 0.0324. The summed E-state index contributed by atoms with van der Waals surface area (Å²) in [5.41, 5.74) is 0.930. The van der Waals surface area contributed by atoms with Gasteiger partial charge in [-0.3, -0.25) is 0 Å². The molecule has 0 spiro atoms. The van der Waals surface area contributed by atoms with Gasteiger partial charge in [0.05, 0.1) is 0 Å². The highest BCUT2D eigenvalue weighted by Gasteiger charge is 2.34. The quantitative estimate of drug-likeness (QED) is 0.746. The molecule has 0 saturated carbocycles. The maximum atomic E-state index is 9.57. The Bertz CT molecular complexity index is 345. The lowest BCUT2D eigenvalue weighted by Crippen LogP contribution is -2.61. The van der Waals surface area contributed by atoms with Gasteiger partial charge in [-0.25, -0.2) is 0 Å². The first kappa shape index (κ1) is 9.34. The first-order valence-corrected chi connectivity index (χ1v) is 4.78. The predicted molar refractivity (Wildman–Crippen MR) is 54.7 cm³/mol. The molecule has 1 saturated heterocycles. The lowest BCUT2D eigenvalue weighted by Gasteiger charge is -2.39. The van der Waals surface area contributed by atoms with Gasteiger partial charge < -0.3 is 15.2 Å². The van der Waals surface area contributed by atoms with Gasteiger partial charge in [0, 0.05) is 13.1 Å². The van der Waals surface area contributed by atoms with E-state index in [2.05, 4.69) is 5.32 Å². The minimum Gasteiger partial charge on any atom is -0.504 e. The SMILES string of the molecule is Cc1ccc(O)c(OC2(C)CNC2)c1. The van der Waals surface area contributed by atoms with Crippen molar-refractivity contribution in [3.05, 3.63) is 23.8 Å². The van der Waals surface area contributed by atoms with E-state index in [4.69, 9.17) is 4.74 Å². The van der Waals surface area contributed by atoms with E-state index in [1.807, 2.05) is 26.0 Å². The van der Waals surface area contributed by atoms with Crippen LogP contribution in [0.4, 0.5) is 0 Å². The molecule has 1 heterocycles. The maximum Gasteiger partial charge on any atom is 0.162 e. The number of phenols is 1. The van der Waals surface area contributed by atoms with Crippen molar-refractivity contribution in [2.45, 2.75) is 19.4 Å². The molecule has 1 aliphatic heterocycles. The summed E-state index contributed by atoms with van der Waals surface area (Å²) in [4.78, 5) is 0. The van der Waals surface area contributed by atoms with Crippen molar-refractivity contribution in [3.8, 4) is 11.5 Å². The number of hydrogen-bond acceptors (Lipinski definition) is 3. The van der Waals surface area contributed by atoms with E-state index < -0.39 is 0 Å². The molecule has 14 heavy (non-hydrogen) atoms. The molecule has 2 rings (SSSR count). The summed E-state index contributed by atoms with van der Waals surface area (Å²) < 4.78 is 5.74. The van der Waals surface area contributed by atoms with Crippen molar-refractivity contribution in [2.24, 2.45) is 0 Å². The van der Waals surface area contributed by atoms with Gasteiger partial charge in [-0.2, -0.15) is 0 Å². The van der Waals surface area contributed by atoms with Crippen molar-refractivity contribution >= 4 is 0 Å². The Labute approximate surface area is 83.7 Å². The van der Waals surface area contributed by atoms with Gasteiger partial charge in [-0.1, -0.05) is 6.07 Å². The number of nitrogens with one attached hydrogen (secondary N) is 1. The number of aryl methyl sites for hydroxylation is 1. The topological polar surface area (TPSA) is 41.5 Å². The molecular weight excluding hydrogens is 178 g/mol. The average molecular weight is 193 g/mol. The zero-order chi connectivity index (χ0) is 10.2. The standard InChI is InChI=1S/C11H15NO2/c1-8-3-4-9(13)10(5-8)14-11(2)6-12-7-11/h3-5,12-13H,6-7H2,1-2H3. The van der Waals surface area contributed by atoms with E-state index >= 15 is 0 Å². The second-order valence-electron chi connectivity index (χ2n) is 4.13. The molecule has 0 radical (unpaired) electrons. The predicted octanol–water partition coefficient (Wildman–Crippen LogP) is 1.44. The van der Waals surface area contributed by atoms with Crippen LogP contribution in [0.15, 0.2) is 18.2 Å². The molecule has 0 bridgehead atoms. The fourth-order valence-electron chi connectivity index (χ4n) is 1.52. The summed E-state index contributed by atoms with van der Waals surface area (Å²) in [6, 6.07) is 5.39. The monoisotopic (exact) mass is 193 g/mol. The van der Waals surface area contributed by atoms with Crippen molar-refractivity contribution in [2.75, 3.05) is 13.1 Å². The first-order chi connectivity index (χ1) is 6.59. The van der Waals surface area contributed by atoms with Gasteiger partial charge in [-0.05, 0) is 31.5 Å². The Kier molecular flexibility index (Phi) is 2.11. The molecule has 3 nitrogen and oxygen atoms in total. The molecule has 0 aliphatic carbocycles. The second-order valence-corrected chi connectivity index (χ2v) is 4.13. The molecule has 2 N–H and O–H groups in total. The van der Waals surface area contributed by atoms with Gasteiger partial charge in [0.2, 0.25) is 0 Å². The molecule has 0 atom stereocenters. The molecule has 1 aliphatic rings. The smallest absolute Gasteiger partial charge is 0.162 e. The number of ether oxygens (including phenoxy) is 1. The Balaban J connectivity index is 2.19. The molecule has 1 aromatic carbocycles. The van der Waals surface area contributed by atoms with E-state index in [9.17, 15) is 5.11 Å². The van der Waals surface area contributed by atoms with Crippen molar-refractivity contribution in [1.29, 1.82) is 0 Å². The fourth-order valence-corrected chi connectivity index (χ4v) is 1.52. The number of hydrogen-bond donors (Lipinski definition) is 2. The third kappa shape index (κ3) is 1.68. The molecule has 0 unspecified atom stereocenters. The van der Waals surface area contributed by atoms with Crippen LogP contribution in [-0.2, 0) is 0 Å². The molecule has 76 valence electrons. The largest absolute Gasteiger partial charge is 0.504 e. The molecule has 0 aromatic heterocycles. The van der Waals surface area contributed by atoms with Gasteiger partial charge in [0.15, 0.2) is 11.5 Å². The normalized spacial score (nSPS) is 18.7. The zero-order valence-corrected chi connectivity index (χ0v) is 8.50. The Hall–Kier alpha value is -1.22. The van der Waals surface area contributed by atoms with Crippen LogP contribution in [0, 0.1) is 6.92 Å². The fraction of sp³-hybridized carbons (Fsp3) is 0.455. The number of rotatable bonds is 2. The van der Waals surface area contributed by atoms with Crippen molar-refractivity contribution < 1.29 is 9.84 Å². The third-order valence-corrected chi connectivity index (χ3v) is 2.47. The van der Waals surface area contributed by atoms with E-state index in [1.165, 1.54) is 0 Å². The number of aromatic hydroxyl groups is 1. The average Bonchev–Trinajstić information content (AvgIpc) is 2.09. The first-order valence-electron chi connectivity index (χ1n) is 4.78. The lowest BCUT2D eigenvalue weighted by atomic mass is 10.00. The summed E-state index contributed by atoms with van der Waals surface area (Å²) in [7, 11) is 0. The summed E-state index contributed by atoms with van der Waals surface area (Å²) in [6.07, 6.45) is 0. The molecule has 3 heteroatoms. The van der Waals surface area contributed by atoms with Crippen LogP contribution >= 0.6 is 0 Å². The van der Waals surface area contributed by atoms with Crippen LogP contribution in [0.2, 0.25) is 0 Å². The highest BCUT2D eigenvalue weighted by Crippen LogP contribution is 2.31. The summed E-state index contributed by atoms with van der Waals surface area (Å²) >= 11 is 0. The molecule has 0 amide bonds. The summed E-state index contributed by atoms with van der Waals surface area (Å²) in [6.45, 7) is 5.68. The Morgan fingerprint density at radius 3 is 2.71 bits per heavy atom. The van der Waals surface area contributed by atoms with E-state index in [0.29, 0.717) is 5.75 Å². The second kappa shape index (κ2) is 3.17. The van der Waals surface area contributed by atoms with E-state index in [1.54, 1.807) is 6.07 Å². The molecular formula is C11H15NO2. The maximum absolute atomic E-state index is 9.57. The Morgan fingerprint density at radius 1 is 1.43 bits per heavy atom. The van der Waals surface area contributed by atoms with Gasteiger partial charge in [0.25, 0.3) is 0 Å².